The highest BCUT2D eigenvalue weighted by atomic mass is 35.5. The van der Waals surface area contributed by atoms with Crippen molar-refractivity contribution in [3.05, 3.63) is 76.3 Å². The predicted molar refractivity (Wildman–Crippen MR) is 133 cm³/mol. The van der Waals surface area contributed by atoms with Crippen LogP contribution in [0.3, 0.4) is 0 Å². The summed E-state index contributed by atoms with van der Waals surface area (Å²) >= 11 is 5.97. The van der Waals surface area contributed by atoms with E-state index in [1.807, 2.05) is 0 Å². The van der Waals surface area contributed by atoms with Crippen molar-refractivity contribution in [1.82, 2.24) is 20.2 Å². The number of benzene rings is 2. The van der Waals surface area contributed by atoms with Gasteiger partial charge in [0.2, 0.25) is 0 Å². The van der Waals surface area contributed by atoms with Crippen LogP contribution in [0.5, 0.6) is 0 Å². The van der Waals surface area contributed by atoms with Gasteiger partial charge in [0.25, 0.3) is 5.91 Å². The molecule has 0 bridgehead atoms. The van der Waals surface area contributed by atoms with Crippen LogP contribution in [0.4, 0.5) is 4.39 Å². The molecule has 0 spiro atoms. The lowest BCUT2D eigenvalue weighted by Gasteiger charge is -2.24. The van der Waals surface area contributed by atoms with Gasteiger partial charge in [0, 0.05) is 17.1 Å². The van der Waals surface area contributed by atoms with E-state index in [-0.39, 0.29) is 23.5 Å². The highest BCUT2D eigenvalue weighted by Crippen LogP contribution is 2.26. The lowest BCUT2D eigenvalue weighted by molar-refractivity contribution is -0.148. The number of hydrazine groups is 1. The number of nitrogens with one attached hydrogen (secondary N) is 1. The summed E-state index contributed by atoms with van der Waals surface area (Å²) in [7, 11) is 0. The molecule has 1 heterocycles. The Morgan fingerprint density at radius 2 is 1.79 bits per heavy atom. The quantitative estimate of drug-likeness (QED) is 0.226. The van der Waals surface area contributed by atoms with Gasteiger partial charge in [0.15, 0.2) is 11.8 Å². The molecule has 0 aliphatic heterocycles. The Balaban J connectivity index is 1.84. The highest BCUT2D eigenvalue weighted by molar-refractivity contribution is 6.30. The largest absolute Gasteiger partial charge is 0.480 e. The van der Waals surface area contributed by atoms with Gasteiger partial charge in [-0.2, -0.15) is 5.10 Å². The second-order valence-electron chi connectivity index (χ2n) is 9.02. The van der Waals surface area contributed by atoms with Gasteiger partial charge in [-0.1, -0.05) is 35.9 Å². The van der Waals surface area contributed by atoms with Crippen LogP contribution in [0.2, 0.25) is 5.02 Å². The summed E-state index contributed by atoms with van der Waals surface area (Å²) in [4.78, 5) is 35.4. The second-order valence-corrected chi connectivity index (χ2v) is 9.46. The standard InChI is InChI=1S/C25H26ClFN4O7/c1-25(2,38)21-10-19(28-31(21)13-22(33)34)23(35)29-30(12-20(32)24(36)37)11-14-3-5-15(6-4-14)17-9-16(26)7-8-18(17)27/h3-10,20,32,38H,11-13H2,1-2H3,(H,29,35)(H,33,34)(H,36,37). The van der Waals surface area contributed by atoms with Gasteiger partial charge in [0.05, 0.1) is 12.2 Å². The Morgan fingerprint density at radius 3 is 2.37 bits per heavy atom. The van der Waals surface area contributed by atoms with Crippen LogP contribution in [-0.2, 0) is 28.3 Å². The highest BCUT2D eigenvalue weighted by Gasteiger charge is 2.27. The number of carboxylic acid groups (broad SMARTS) is 2. The van der Waals surface area contributed by atoms with Gasteiger partial charge in [-0.3, -0.25) is 19.7 Å². The molecular weight excluding hydrogens is 523 g/mol. The van der Waals surface area contributed by atoms with Gasteiger partial charge in [-0.15, -0.1) is 0 Å². The van der Waals surface area contributed by atoms with Crippen molar-refractivity contribution in [2.75, 3.05) is 6.54 Å². The maximum absolute atomic E-state index is 14.2. The van der Waals surface area contributed by atoms with Gasteiger partial charge in [-0.25, -0.2) is 14.2 Å². The van der Waals surface area contributed by atoms with Crippen LogP contribution in [-0.4, -0.2) is 65.7 Å². The van der Waals surface area contributed by atoms with E-state index in [2.05, 4.69) is 10.5 Å². The van der Waals surface area contributed by atoms with Gasteiger partial charge in [-0.05, 0) is 49.2 Å². The third-order valence-electron chi connectivity index (χ3n) is 5.43. The maximum Gasteiger partial charge on any atom is 0.333 e. The molecule has 0 saturated heterocycles. The number of carboxylic acids is 2. The molecule has 13 heteroatoms. The second kappa shape index (κ2) is 11.7. The van der Waals surface area contributed by atoms with Crippen LogP contribution in [0.25, 0.3) is 11.1 Å². The van der Waals surface area contributed by atoms with Crippen molar-refractivity contribution >= 4 is 29.4 Å². The number of aliphatic hydroxyl groups is 2. The first-order valence-electron chi connectivity index (χ1n) is 11.3. The number of rotatable bonds is 11. The summed E-state index contributed by atoms with van der Waals surface area (Å²) < 4.78 is 15.2. The van der Waals surface area contributed by atoms with Crippen molar-refractivity contribution in [2.45, 2.75) is 38.6 Å². The van der Waals surface area contributed by atoms with E-state index < -0.39 is 48.5 Å². The molecule has 0 aliphatic rings. The molecule has 3 aromatic rings. The Kier molecular flexibility index (Phi) is 8.84. The van der Waals surface area contributed by atoms with Crippen LogP contribution in [0, 0.1) is 5.82 Å². The topological polar surface area (TPSA) is 165 Å². The lowest BCUT2D eigenvalue weighted by Crippen LogP contribution is -2.47. The molecule has 3 rings (SSSR count). The molecule has 0 fully saturated rings. The average Bonchev–Trinajstić information content (AvgIpc) is 3.25. The normalized spacial score (nSPS) is 12.4. The van der Waals surface area contributed by atoms with Crippen molar-refractivity contribution in [3.63, 3.8) is 0 Å². The van der Waals surface area contributed by atoms with E-state index in [4.69, 9.17) is 21.8 Å². The molecule has 0 radical (unpaired) electrons. The fourth-order valence-electron chi connectivity index (χ4n) is 3.64. The molecule has 1 unspecified atom stereocenters. The number of aromatic nitrogens is 2. The van der Waals surface area contributed by atoms with E-state index in [0.717, 1.165) is 9.69 Å². The Bertz CT molecular complexity index is 1340. The zero-order chi connectivity index (χ0) is 28.2. The molecule has 0 aliphatic carbocycles. The minimum Gasteiger partial charge on any atom is -0.480 e. The van der Waals surface area contributed by atoms with E-state index in [1.54, 1.807) is 24.3 Å². The van der Waals surface area contributed by atoms with Crippen LogP contribution >= 0.6 is 11.6 Å². The van der Waals surface area contributed by atoms with Crippen molar-refractivity contribution < 1.29 is 39.2 Å². The third-order valence-corrected chi connectivity index (χ3v) is 5.66. The van der Waals surface area contributed by atoms with Gasteiger partial charge >= 0.3 is 11.9 Å². The minimum absolute atomic E-state index is 0.0530. The van der Waals surface area contributed by atoms with Crippen molar-refractivity contribution in [2.24, 2.45) is 0 Å². The first-order chi connectivity index (χ1) is 17.7. The van der Waals surface area contributed by atoms with Crippen LogP contribution in [0.1, 0.15) is 35.6 Å². The predicted octanol–water partition coefficient (Wildman–Crippen LogP) is 2.25. The van der Waals surface area contributed by atoms with Crippen molar-refractivity contribution in [1.29, 1.82) is 0 Å². The molecule has 2 aromatic carbocycles. The smallest absolute Gasteiger partial charge is 0.333 e. The molecule has 0 saturated carbocycles. The molecule has 1 amide bonds. The number of halogens is 2. The maximum atomic E-state index is 14.2. The zero-order valence-electron chi connectivity index (χ0n) is 20.4. The number of aliphatic carboxylic acids is 2. The Labute approximate surface area is 221 Å². The molecule has 11 nitrogen and oxygen atoms in total. The molecule has 202 valence electrons. The zero-order valence-corrected chi connectivity index (χ0v) is 21.2. The number of amides is 1. The summed E-state index contributed by atoms with van der Waals surface area (Å²) in [5.74, 6) is -4.04. The van der Waals surface area contributed by atoms with Gasteiger partial charge in [0.1, 0.15) is 18.0 Å². The van der Waals surface area contributed by atoms with E-state index in [9.17, 15) is 29.0 Å². The molecular formula is C25H26ClFN4O7. The average molecular weight is 549 g/mol. The molecule has 38 heavy (non-hydrogen) atoms. The number of aliphatic hydroxyl groups excluding tert-OH is 1. The fraction of sp³-hybridized carbons (Fsp3) is 0.280. The Hall–Kier alpha value is -3.84. The van der Waals surface area contributed by atoms with Crippen molar-refractivity contribution in [3.8, 4) is 11.1 Å². The van der Waals surface area contributed by atoms with Crippen LogP contribution < -0.4 is 5.43 Å². The van der Waals surface area contributed by atoms with E-state index in [0.29, 0.717) is 16.1 Å². The number of hydrogen-bond acceptors (Lipinski definition) is 7. The lowest BCUT2D eigenvalue weighted by atomic mass is 10.0. The summed E-state index contributed by atoms with van der Waals surface area (Å²) in [6.45, 7) is 1.65. The third kappa shape index (κ3) is 7.35. The first-order valence-corrected chi connectivity index (χ1v) is 11.7. The minimum atomic E-state index is -1.84. The van der Waals surface area contributed by atoms with Crippen LogP contribution in [0.15, 0.2) is 48.5 Å². The molecule has 1 atom stereocenters. The van der Waals surface area contributed by atoms with E-state index in [1.165, 1.54) is 38.1 Å². The number of carbonyl (C=O) groups is 3. The molecule has 1 aromatic heterocycles. The number of nitrogens with zero attached hydrogens (tertiary/aromatic N) is 3. The summed E-state index contributed by atoms with van der Waals surface area (Å²) in [6, 6.07) is 11.9. The fourth-order valence-corrected chi connectivity index (χ4v) is 3.81. The SMILES string of the molecule is CC(C)(O)c1cc(C(=O)NN(Cc2ccc(-c3cc(Cl)ccc3F)cc2)CC(O)C(=O)O)nn1CC(=O)O. The number of carbonyl (C=O) groups excluding carboxylic acids is 1. The first kappa shape index (κ1) is 28.7. The summed E-state index contributed by atoms with van der Waals surface area (Å²) in [5, 5.41) is 44.0. The summed E-state index contributed by atoms with van der Waals surface area (Å²) in [6.07, 6.45) is -1.84. The monoisotopic (exact) mass is 548 g/mol. The van der Waals surface area contributed by atoms with Gasteiger partial charge < -0.3 is 20.4 Å². The Morgan fingerprint density at radius 1 is 1.13 bits per heavy atom. The summed E-state index contributed by atoms with van der Waals surface area (Å²) in [5.41, 5.74) is 2.21. The van der Waals surface area contributed by atoms with E-state index >= 15 is 0 Å². The molecule has 5 N–H and O–H groups in total. The number of hydrogen-bond donors (Lipinski definition) is 5.